The van der Waals surface area contributed by atoms with Crippen LogP contribution in [0.3, 0.4) is 0 Å². The number of hydrogen-bond donors (Lipinski definition) is 0. The molecule has 168 valence electrons. The molecule has 0 radical (unpaired) electrons. The van der Waals surface area contributed by atoms with E-state index in [0.717, 1.165) is 40.8 Å². The minimum Gasteiger partial charge on any atom is -0.465 e. The summed E-state index contributed by atoms with van der Waals surface area (Å²) in [6.07, 6.45) is 4.37. The number of rotatable bonds is 8. The molecule has 2 heterocycles. The summed E-state index contributed by atoms with van der Waals surface area (Å²) in [6.45, 7) is 8.90. The predicted molar refractivity (Wildman–Crippen MR) is 128 cm³/mol. The van der Waals surface area contributed by atoms with Crippen molar-refractivity contribution in [3.8, 4) is 0 Å². The lowest BCUT2D eigenvalue weighted by molar-refractivity contribution is 0.0600. The van der Waals surface area contributed by atoms with Gasteiger partial charge in [-0.3, -0.25) is 9.69 Å². The van der Waals surface area contributed by atoms with Gasteiger partial charge in [0.15, 0.2) is 0 Å². The van der Waals surface area contributed by atoms with E-state index in [1.807, 2.05) is 29.7 Å². The van der Waals surface area contributed by atoms with Gasteiger partial charge in [-0.15, -0.1) is 0 Å². The number of methoxy groups -OCH3 is 1. The second kappa shape index (κ2) is 10.6. The average Bonchev–Trinajstić information content (AvgIpc) is 3.17. The molecule has 1 aromatic carbocycles. The van der Waals surface area contributed by atoms with E-state index in [-0.39, 0.29) is 11.5 Å². The highest BCUT2D eigenvalue weighted by molar-refractivity contribution is 9.10. The number of nitrogens with zero attached hydrogens (tertiary/aromatic N) is 2. The molecule has 0 spiro atoms. The lowest BCUT2D eigenvalue weighted by atomic mass is 10.0. The molecule has 0 bridgehead atoms. The number of aromatic nitrogens is 1. The molecule has 2 aromatic rings. The van der Waals surface area contributed by atoms with Crippen molar-refractivity contribution in [1.29, 1.82) is 0 Å². The Morgan fingerprint density at radius 3 is 2.61 bits per heavy atom. The molecule has 3 rings (SSSR count). The van der Waals surface area contributed by atoms with Crippen molar-refractivity contribution in [2.24, 2.45) is 5.92 Å². The topological polar surface area (TPSA) is 51.5 Å². The van der Waals surface area contributed by atoms with Crippen molar-refractivity contribution in [2.75, 3.05) is 13.7 Å². The summed E-state index contributed by atoms with van der Waals surface area (Å²) < 4.78 is 7.69. The average molecular weight is 489 g/mol. The number of ether oxygens (including phenoxy) is 1. The Hall–Kier alpha value is -1.92. The number of halogens is 1. The van der Waals surface area contributed by atoms with E-state index < -0.39 is 0 Å². The molecule has 5 nitrogen and oxygen atoms in total. The largest absolute Gasteiger partial charge is 0.465 e. The number of carbonyl (C=O) groups is 1. The van der Waals surface area contributed by atoms with Crippen molar-refractivity contribution in [3.05, 3.63) is 67.5 Å². The van der Waals surface area contributed by atoms with Gasteiger partial charge in [0.25, 0.3) is 5.56 Å². The molecule has 1 aliphatic rings. The highest BCUT2D eigenvalue weighted by atomic mass is 79.9. The van der Waals surface area contributed by atoms with Crippen LogP contribution < -0.4 is 5.56 Å². The van der Waals surface area contributed by atoms with E-state index in [2.05, 4.69) is 34.7 Å². The lowest BCUT2D eigenvalue weighted by Gasteiger charge is -2.28. The number of benzene rings is 1. The molecule has 0 amide bonds. The summed E-state index contributed by atoms with van der Waals surface area (Å²) in [7, 11) is 1.38. The van der Waals surface area contributed by atoms with E-state index >= 15 is 0 Å². The maximum Gasteiger partial charge on any atom is 0.337 e. The Morgan fingerprint density at radius 2 is 1.97 bits per heavy atom. The van der Waals surface area contributed by atoms with Crippen molar-refractivity contribution >= 4 is 21.9 Å². The van der Waals surface area contributed by atoms with Gasteiger partial charge in [-0.2, -0.15) is 0 Å². The van der Waals surface area contributed by atoms with Crippen molar-refractivity contribution < 1.29 is 9.53 Å². The Balaban J connectivity index is 1.81. The maximum atomic E-state index is 13.0. The zero-order valence-electron chi connectivity index (χ0n) is 19.0. The Bertz CT molecular complexity index is 966. The van der Waals surface area contributed by atoms with Gasteiger partial charge in [0.2, 0.25) is 0 Å². The molecule has 0 unspecified atom stereocenters. The van der Waals surface area contributed by atoms with Gasteiger partial charge in [0.05, 0.1) is 12.7 Å². The molecule has 31 heavy (non-hydrogen) atoms. The number of likely N-dealkylation sites (tertiary alicyclic amines) is 1. The van der Waals surface area contributed by atoms with Crippen LogP contribution in [0, 0.1) is 12.8 Å². The van der Waals surface area contributed by atoms with Crippen LogP contribution in [0.4, 0.5) is 0 Å². The van der Waals surface area contributed by atoms with Crippen LogP contribution in [0.1, 0.15) is 60.3 Å². The summed E-state index contributed by atoms with van der Waals surface area (Å²) in [4.78, 5) is 27.2. The fraction of sp³-hybridized carbons (Fsp3) is 0.520. The molecule has 0 saturated carbocycles. The molecule has 6 heteroatoms. The summed E-state index contributed by atoms with van der Waals surface area (Å²) in [5.74, 6) is 0.330. The van der Waals surface area contributed by atoms with Gasteiger partial charge >= 0.3 is 5.97 Å². The second-order valence-corrected chi connectivity index (χ2v) is 9.77. The first-order valence-electron chi connectivity index (χ1n) is 11.1. The molecule has 1 atom stereocenters. The zero-order chi connectivity index (χ0) is 22.5. The third-order valence-corrected chi connectivity index (χ3v) is 6.81. The fourth-order valence-corrected chi connectivity index (χ4v) is 5.15. The second-order valence-electron chi connectivity index (χ2n) is 8.91. The third-order valence-electron chi connectivity index (χ3n) is 6.12. The number of aryl methyl sites for hydroxylation is 2. The standard InChI is InChI=1S/C25H33BrN2O3/c1-17(2)14-21-6-5-12-27(21)16-23-22(26)15-18(3)24(29)28(23)13-11-19-7-9-20(10-8-19)25(30)31-4/h7-10,15,17,21H,5-6,11-14,16H2,1-4H3/t21-/m1/s1. The van der Waals surface area contributed by atoms with Gasteiger partial charge in [0, 0.05) is 34.9 Å². The molecule has 1 aromatic heterocycles. The third kappa shape index (κ3) is 5.86. The number of carbonyl (C=O) groups excluding carboxylic acids is 1. The maximum absolute atomic E-state index is 13.0. The van der Waals surface area contributed by atoms with Gasteiger partial charge < -0.3 is 9.30 Å². The van der Waals surface area contributed by atoms with E-state index in [9.17, 15) is 9.59 Å². The van der Waals surface area contributed by atoms with E-state index in [4.69, 9.17) is 4.74 Å². The Morgan fingerprint density at radius 1 is 1.26 bits per heavy atom. The van der Waals surface area contributed by atoms with E-state index in [1.165, 1.54) is 26.4 Å². The normalized spacial score (nSPS) is 16.8. The van der Waals surface area contributed by atoms with Crippen LogP contribution in [0.15, 0.2) is 39.6 Å². The quantitative estimate of drug-likeness (QED) is 0.492. The summed E-state index contributed by atoms with van der Waals surface area (Å²) in [5.41, 5.74) is 3.49. The molecule has 1 aliphatic heterocycles. The van der Waals surface area contributed by atoms with Crippen LogP contribution in [-0.4, -0.2) is 35.1 Å². The van der Waals surface area contributed by atoms with Gasteiger partial charge in [-0.05, 0) is 84.8 Å². The molecule has 0 aliphatic carbocycles. The molecular weight excluding hydrogens is 456 g/mol. The van der Waals surface area contributed by atoms with E-state index in [0.29, 0.717) is 24.1 Å². The van der Waals surface area contributed by atoms with Crippen LogP contribution >= 0.6 is 15.9 Å². The van der Waals surface area contributed by atoms with Gasteiger partial charge in [-0.25, -0.2) is 4.79 Å². The number of esters is 1. The number of hydrogen-bond acceptors (Lipinski definition) is 4. The summed E-state index contributed by atoms with van der Waals surface area (Å²) >= 11 is 3.73. The van der Waals surface area contributed by atoms with E-state index in [1.54, 1.807) is 12.1 Å². The Kier molecular flexibility index (Phi) is 8.11. The molecule has 1 fully saturated rings. The highest BCUT2D eigenvalue weighted by Gasteiger charge is 2.27. The van der Waals surface area contributed by atoms with Gasteiger partial charge in [0.1, 0.15) is 0 Å². The van der Waals surface area contributed by atoms with Crippen molar-refractivity contribution in [3.63, 3.8) is 0 Å². The minimum absolute atomic E-state index is 0.0731. The Labute approximate surface area is 193 Å². The lowest BCUT2D eigenvalue weighted by Crippen LogP contribution is -2.34. The summed E-state index contributed by atoms with van der Waals surface area (Å²) in [6, 6.07) is 9.95. The van der Waals surface area contributed by atoms with Crippen LogP contribution in [-0.2, 0) is 24.2 Å². The zero-order valence-corrected chi connectivity index (χ0v) is 20.6. The summed E-state index contributed by atoms with van der Waals surface area (Å²) in [5, 5.41) is 0. The first kappa shape index (κ1) is 23.7. The number of pyridine rings is 1. The van der Waals surface area contributed by atoms with Crippen LogP contribution in [0.25, 0.3) is 0 Å². The fourth-order valence-electron chi connectivity index (χ4n) is 4.47. The SMILES string of the molecule is COC(=O)c1ccc(CCn2c(CN3CCC[C@@H]3CC(C)C)c(Br)cc(C)c2=O)cc1. The monoisotopic (exact) mass is 488 g/mol. The minimum atomic E-state index is -0.339. The first-order valence-corrected chi connectivity index (χ1v) is 11.9. The van der Waals surface area contributed by atoms with Gasteiger partial charge in [-0.1, -0.05) is 26.0 Å². The molecule has 1 saturated heterocycles. The molecular formula is C25H33BrN2O3. The van der Waals surface area contributed by atoms with Crippen LogP contribution in [0.2, 0.25) is 0 Å². The van der Waals surface area contributed by atoms with Crippen molar-refractivity contribution in [2.45, 2.75) is 65.6 Å². The molecule has 0 N–H and O–H groups in total. The predicted octanol–water partition coefficient (Wildman–Crippen LogP) is 4.96. The highest BCUT2D eigenvalue weighted by Crippen LogP contribution is 2.27. The first-order chi connectivity index (χ1) is 14.8. The smallest absolute Gasteiger partial charge is 0.337 e. The van der Waals surface area contributed by atoms with Crippen molar-refractivity contribution in [1.82, 2.24) is 9.47 Å². The van der Waals surface area contributed by atoms with Crippen LogP contribution in [0.5, 0.6) is 0 Å².